The second-order valence-corrected chi connectivity index (χ2v) is 9.51. The predicted molar refractivity (Wildman–Crippen MR) is 145 cm³/mol. The zero-order valence-electron chi connectivity index (χ0n) is 21.6. The van der Waals surface area contributed by atoms with Crippen LogP contribution in [-0.2, 0) is 0 Å². The van der Waals surface area contributed by atoms with Gasteiger partial charge in [-0.15, -0.1) is 0 Å². The largest absolute Gasteiger partial charge is 0.488 e. The molecule has 202 valence electrons. The van der Waals surface area contributed by atoms with Crippen molar-refractivity contribution in [2.24, 2.45) is 0 Å². The monoisotopic (exact) mass is 543 g/mol. The Balaban J connectivity index is 1.58. The van der Waals surface area contributed by atoms with Gasteiger partial charge in [-0.1, -0.05) is 6.07 Å². The van der Waals surface area contributed by atoms with E-state index in [2.05, 4.69) is 20.2 Å². The number of anilines is 1. The number of nitrogens with two attached hydrogens (primary N) is 1. The SMILES string of the molecule is CC(C)Oc1ccc(-c2nn(C(C)c3oc4cccc(F)c4c(=O)c3-c3cn[nH]c3)c3ncnc(N)c23)cc1F. The first-order valence-corrected chi connectivity index (χ1v) is 12.4. The van der Waals surface area contributed by atoms with Gasteiger partial charge < -0.3 is 14.9 Å². The van der Waals surface area contributed by atoms with Gasteiger partial charge in [-0.2, -0.15) is 10.2 Å². The van der Waals surface area contributed by atoms with Crippen LogP contribution in [0.1, 0.15) is 32.6 Å². The van der Waals surface area contributed by atoms with E-state index < -0.39 is 23.1 Å². The molecule has 1 unspecified atom stereocenters. The number of ether oxygens (including phenoxy) is 1. The number of rotatable bonds is 6. The van der Waals surface area contributed by atoms with Crippen LogP contribution in [0.15, 0.2) is 64.3 Å². The number of hydrogen-bond donors (Lipinski definition) is 2. The van der Waals surface area contributed by atoms with Gasteiger partial charge in [-0.05, 0) is 51.1 Å². The molecule has 10 nitrogen and oxygen atoms in total. The molecule has 0 bridgehead atoms. The maximum Gasteiger partial charge on any atom is 0.203 e. The van der Waals surface area contributed by atoms with E-state index >= 15 is 0 Å². The fraction of sp³-hybridized carbons (Fsp3) is 0.179. The van der Waals surface area contributed by atoms with Crippen LogP contribution in [-0.4, -0.2) is 36.0 Å². The number of aromatic amines is 1. The van der Waals surface area contributed by atoms with Crippen molar-refractivity contribution in [2.75, 3.05) is 5.73 Å². The second kappa shape index (κ2) is 9.56. The Kier molecular flexibility index (Phi) is 6.01. The number of nitrogens with one attached hydrogen (secondary N) is 1. The van der Waals surface area contributed by atoms with E-state index in [-0.39, 0.29) is 40.0 Å². The molecule has 0 amide bonds. The van der Waals surface area contributed by atoms with Gasteiger partial charge in [0.25, 0.3) is 0 Å². The average molecular weight is 544 g/mol. The topological polar surface area (TPSA) is 138 Å². The van der Waals surface area contributed by atoms with Gasteiger partial charge in [0, 0.05) is 17.3 Å². The van der Waals surface area contributed by atoms with E-state index in [1.165, 1.54) is 53.7 Å². The molecule has 2 aromatic carbocycles. The summed E-state index contributed by atoms with van der Waals surface area (Å²) in [5.74, 6) is -0.824. The third-order valence-corrected chi connectivity index (χ3v) is 6.52. The molecule has 0 aliphatic rings. The first kappa shape index (κ1) is 25.2. The van der Waals surface area contributed by atoms with Crippen LogP contribution >= 0.6 is 0 Å². The van der Waals surface area contributed by atoms with Gasteiger partial charge in [-0.3, -0.25) is 9.89 Å². The van der Waals surface area contributed by atoms with Crippen LogP contribution in [0.5, 0.6) is 5.75 Å². The highest BCUT2D eigenvalue weighted by molar-refractivity contribution is 5.98. The Morgan fingerprint density at radius 1 is 1.05 bits per heavy atom. The smallest absolute Gasteiger partial charge is 0.203 e. The minimum absolute atomic E-state index is 0.0766. The lowest BCUT2D eigenvalue weighted by Crippen LogP contribution is -2.16. The van der Waals surface area contributed by atoms with Crippen molar-refractivity contribution in [1.29, 1.82) is 0 Å². The Bertz CT molecular complexity index is 1950. The van der Waals surface area contributed by atoms with E-state index in [1.807, 2.05) is 0 Å². The zero-order chi connectivity index (χ0) is 28.1. The molecule has 1 atom stereocenters. The maximum absolute atomic E-state index is 15.0. The highest BCUT2D eigenvalue weighted by Crippen LogP contribution is 2.37. The molecule has 6 rings (SSSR count). The maximum atomic E-state index is 15.0. The summed E-state index contributed by atoms with van der Waals surface area (Å²) in [5, 5.41) is 11.6. The van der Waals surface area contributed by atoms with Gasteiger partial charge in [0.1, 0.15) is 46.4 Å². The van der Waals surface area contributed by atoms with E-state index in [0.717, 1.165) is 0 Å². The predicted octanol–water partition coefficient (Wildman–Crippen LogP) is 5.25. The number of nitrogen functional groups attached to an aromatic ring is 1. The van der Waals surface area contributed by atoms with E-state index in [9.17, 15) is 13.6 Å². The Morgan fingerprint density at radius 2 is 1.88 bits per heavy atom. The molecule has 6 aromatic rings. The fourth-order valence-corrected chi connectivity index (χ4v) is 4.75. The third kappa shape index (κ3) is 4.04. The third-order valence-electron chi connectivity index (χ3n) is 6.52. The number of H-pyrrole nitrogens is 1. The standard InChI is InChI=1S/C28H23F2N7O3/c1-13(2)39-19-8-7-15(9-18(19)30)24-23-27(31)32-12-33-28(23)37(36-24)14(3)26-21(16-10-34-35-11-16)25(38)22-17(29)5-4-6-20(22)40-26/h4-14H,1-3H3,(H,34,35)(H2,31,32,33). The zero-order valence-corrected chi connectivity index (χ0v) is 21.6. The summed E-state index contributed by atoms with van der Waals surface area (Å²) < 4.78 is 42.9. The fourth-order valence-electron chi connectivity index (χ4n) is 4.75. The quantitative estimate of drug-likeness (QED) is 0.291. The molecule has 0 aliphatic heterocycles. The van der Waals surface area contributed by atoms with Gasteiger partial charge in [-0.25, -0.2) is 23.4 Å². The average Bonchev–Trinajstić information content (AvgIpc) is 3.58. The summed E-state index contributed by atoms with van der Waals surface area (Å²) in [6, 6.07) is 7.92. The number of aromatic nitrogens is 6. The van der Waals surface area contributed by atoms with Crippen LogP contribution < -0.4 is 15.9 Å². The first-order chi connectivity index (χ1) is 19.2. The molecular formula is C28H23F2N7O3. The molecule has 4 aromatic heterocycles. The highest BCUT2D eigenvalue weighted by Gasteiger charge is 2.28. The van der Waals surface area contributed by atoms with Gasteiger partial charge in [0.2, 0.25) is 5.43 Å². The molecule has 0 saturated heterocycles. The molecule has 0 spiro atoms. The van der Waals surface area contributed by atoms with Crippen molar-refractivity contribution < 1.29 is 17.9 Å². The van der Waals surface area contributed by atoms with Crippen LogP contribution in [0.25, 0.3) is 44.4 Å². The summed E-state index contributed by atoms with van der Waals surface area (Å²) in [5.41, 5.74) is 7.38. The molecule has 0 fully saturated rings. The highest BCUT2D eigenvalue weighted by atomic mass is 19.1. The van der Waals surface area contributed by atoms with Crippen LogP contribution in [0, 0.1) is 11.6 Å². The molecule has 3 N–H and O–H groups in total. The number of benzene rings is 2. The number of hydrogen-bond acceptors (Lipinski definition) is 8. The summed E-state index contributed by atoms with van der Waals surface area (Å²) >= 11 is 0. The summed E-state index contributed by atoms with van der Waals surface area (Å²) in [6.45, 7) is 5.36. The Hall–Kier alpha value is -5.13. The lowest BCUT2D eigenvalue weighted by Gasteiger charge is -2.16. The van der Waals surface area contributed by atoms with Crippen molar-refractivity contribution >= 4 is 27.8 Å². The minimum Gasteiger partial charge on any atom is -0.488 e. The lowest BCUT2D eigenvalue weighted by molar-refractivity contribution is 0.231. The summed E-state index contributed by atoms with van der Waals surface area (Å²) in [6.07, 6.45) is 4.05. The van der Waals surface area contributed by atoms with Crippen molar-refractivity contribution in [3.8, 4) is 28.1 Å². The number of halogens is 2. The molecule has 0 aliphatic carbocycles. The van der Waals surface area contributed by atoms with E-state index in [1.54, 1.807) is 26.8 Å². The number of fused-ring (bicyclic) bond motifs is 2. The van der Waals surface area contributed by atoms with Crippen molar-refractivity contribution in [3.63, 3.8) is 0 Å². The lowest BCUT2D eigenvalue weighted by atomic mass is 10.0. The summed E-state index contributed by atoms with van der Waals surface area (Å²) in [4.78, 5) is 22.1. The molecule has 40 heavy (non-hydrogen) atoms. The number of nitrogens with zero attached hydrogens (tertiary/aromatic N) is 5. The van der Waals surface area contributed by atoms with Gasteiger partial charge in [0.05, 0.1) is 23.3 Å². The van der Waals surface area contributed by atoms with Crippen molar-refractivity contribution in [1.82, 2.24) is 29.9 Å². The van der Waals surface area contributed by atoms with E-state index in [4.69, 9.17) is 20.0 Å². The normalized spacial score (nSPS) is 12.4. The van der Waals surface area contributed by atoms with Gasteiger partial charge >= 0.3 is 0 Å². The molecule has 12 heteroatoms. The Morgan fingerprint density at radius 3 is 2.60 bits per heavy atom. The van der Waals surface area contributed by atoms with Crippen LogP contribution in [0.4, 0.5) is 14.6 Å². The van der Waals surface area contributed by atoms with E-state index in [0.29, 0.717) is 27.9 Å². The molecule has 0 saturated carbocycles. The summed E-state index contributed by atoms with van der Waals surface area (Å²) in [7, 11) is 0. The molecule has 4 heterocycles. The van der Waals surface area contributed by atoms with Crippen molar-refractivity contribution in [3.05, 3.63) is 82.7 Å². The molecular weight excluding hydrogens is 520 g/mol. The van der Waals surface area contributed by atoms with Crippen molar-refractivity contribution in [2.45, 2.75) is 32.9 Å². The van der Waals surface area contributed by atoms with Crippen LogP contribution in [0.3, 0.4) is 0 Å². The molecule has 0 radical (unpaired) electrons. The minimum atomic E-state index is -0.746. The van der Waals surface area contributed by atoms with Gasteiger partial charge in [0.15, 0.2) is 17.2 Å². The van der Waals surface area contributed by atoms with Crippen LogP contribution in [0.2, 0.25) is 0 Å². The second-order valence-electron chi connectivity index (χ2n) is 9.51. The first-order valence-electron chi connectivity index (χ1n) is 12.4. The Labute approximate surface area is 225 Å².